The van der Waals surface area contributed by atoms with Gasteiger partial charge < -0.3 is 24.7 Å². The van der Waals surface area contributed by atoms with Crippen LogP contribution in [0.15, 0.2) is 48.7 Å². The molecule has 0 bridgehead atoms. The number of hydrogen-bond acceptors (Lipinski definition) is 5. The molecule has 7 heteroatoms. The Bertz CT molecular complexity index is 1180. The van der Waals surface area contributed by atoms with E-state index in [1.165, 1.54) is 6.07 Å². The van der Waals surface area contributed by atoms with Crippen molar-refractivity contribution in [2.45, 2.75) is 0 Å². The molecule has 0 spiro atoms. The van der Waals surface area contributed by atoms with E-state index in [1.54, 1.807) is 31.5 Å². The summed E-state index contributed by atoms with van der Waals surface area (Å²) >= 11 is 0. The summed E-state index contributed by atoms with van der Waals surface area (Å²) in [4.78, 5) is 18.7. The Morgan fingerprint density at radius 1 is 1.11 bits per heavy atom. The van der Waals surface area contributed by atoms with E-state index in [2.05, 4.69) is 9.97 Å². The molecule has 2 heterocycles. The van der Waals surface area contributed by atoms with Crippen LogP contribution in [0.4, 0.5) is 0 Å². The predicted octanol–water partition coefficient (Wildman–Crippen LogP) is 3.81. The van der Waals surface area contributed by atoms with Gasteiger partial charge in [0.1, 0.15) is 12.4 Å². The monoisotopic (exact) mass is 378 g/mol. The van der Waals surface area contributed by atoms with Crippen LogP contribution in [0.2, 0.25) is 0 Å². The van der Waals surface area contributed by atoms with Crippen LogP contribution in [0.3, 0.4) is 0 Å². The maximum Gasteiger partial charge on any atom is 0.335 e. The minimum atomic E-state index is -1.02. The third-order valence-electron chi connectivity index (χ3n) is 4.57. The average molecular weight is 378 g/mol. The van der Waals surface area contributed by atoms with Crippen LogP contribution in [-0.4, -0.2) is 46.5 Å². The van der Waals surface area contributed by atoms with Crippen molar-refractivity contribution in [2.75, 3.05) is 20.3 Å². The molecule has 0 aliphatic carbocycles. The first-order chi connectivity index (χ1) is 13.6. The van der Waals surface area contributed by atoms with Gasteiger partial charge in [0.25, 0.3) is 0 Å². The van der Waals surface area contributed by atoms with Gasteiger partial charge in [-0.15, -0.1) is 0 Å². The van der Waals surface area contributed by atoms with Crippen molar-refractivity contribution in [3.63, 3.8) is 0 Å². The maximum absolute atomic E-state index is 11.4. The van der Waals surface area contributed by atoms with Gasteiger partial charge >= 0.3 is 5.97 Å². The molecule has 0 aliphatic rings. The van der Waals surface area contributed by atoms with Crippen LogP contribution in [-0.2, 0) is 4.74 Å². The van der Waals surface area contributed by atoms with Crippen LogP contribution in [0.25, 0.3) is 32.9 Å². The molecule has 7 nitrogen and oxygen atoms in total. The standard InChI is InChI=1S/C21H18N2O5/c1-27-8-9-28-13-3-4-14-15(6-7-22-18(14)11-13)19-16-10-12(21(25)26)2-5-17(16)23-20(19)24/h2-7,10-11,23-24H,8-9H2,1H3,(H,25,26). The van der Waals surface area contributed by atoms with Gasteiger partial charge in [0, 0.05) is 35.7 Å². The first-order valence-corrected chi connectivity index (χ1v) is 8.67. The first-order valence-electron chi connectivity index (χ1n) is 8.67. The summed E-state index contributed by atoms with van der Waals surface area (Å²) in [5.74, 6) is -0.373. The highest BCUT2D eigenvalue weighted by atomic mass is 16.5. The van der Waals surface area contributed by atoms with E-state index in [9.17, 15) is 15.0 Å². The lowest BCUT2D eigenvalue weighted by Crippen LogP contribution is -2.04. The number of benzene rings is 2. The Hall–Kier alpha value is -3.58. The number of ether oxygens (including phenoxy) is 2. The number of carbonyl (C=O) groups is 1. The fraction of sp³-hybridized carbons (Fsp3) is 0.143. The Morgan fingerprint density at radius 3 is 2.75 bits per heavy atom. The SMILES string of the molecule is COCCOc1ccc2c(-c3c(O)[nH]c4ccc(C(=O)O)cc34)ccnc2c1. The number of fused-ring (bicyclic) bond motifs is 2. The number of nitrogens with zero attached hydrogens (tertiary/aromatic N) is 1. The van der Waals surface area contributed by atoms with Gasteiger partial charge in [0.2, 0.25) is 0 Å². The molecule has 28 heavy (non-hydrogen) atoms. The second-order valence-electron chi connectivity index (χ2n) is 6.29. The molecule has 2 aromatic carbocycles. The van der Waals surface area contributed by atoms with E-state index in [0.717, 1.165) is 10.9 Å². The van der Waals surface area contributed by atoms with E-state index in [1.807, 2.05) is 18.2 Å². The summed E-state index contributed by atoms with van der Waals surface area (Å²) in [6.07, 6.45) is 1.65. The van der Waals surface area contributed by atoms with Crippen LogP contribution < -0.4 is 4.74 Å². The number of carboxylic acid groups (broad SMARTS) is 1. The normalized spacial score (nSPS) is 11.2. The molecule has 0 saturated carbocycles. The van der Waals surface area contributed by atoms with Crippen molar-refractivity contribution in [3.8, 4) is 22.8 Å². The van der Waals surface area contributed by atoms with Gasteiger partial charge in [-0.2, -0.15) is 0 Å². The largest absolute Gasteiger partial charge is 0.494 e. The molecular formula is C21H18N2O5. The molecule has 142 valence electrons. The van der Waals surface area contributed by atoms with E-state index in [4.69, 9.17) is 9.47 Å². The maximum atomic E-state index is 11.4. The number of H-pyrrole nitrogens is 1. The second-order valence-corrected chi connectivity index (χ2v) is 6.29. The topological polar surface area (TPSA) is 105 Å². The predicted molar refractivity (Wildman–Crippen MR) is 105 cm³/mol. The van der Waals surface area contributed by atoms with E-state index >= 15 is 0 Å². The zero-order valence-electron chi connectivity index (χ0n) is 15.1. The zero-order chi connectivity index (χ0) is 19.7. The Balaban J connectivity index is 1.86. The molecule has 0 saturated heterocycles. The van der Waals surface area contributed by atoms with E-state index < -0.39 is 5.97 Å². The molecule has 2 aromatic heterocycles. The van der Waals surface area contributed by atoms with Crippen molar-refractivity contribution >= 4 is 27.8 Å². The van der Waals surface area contributed by atoms with Gasteiger partial charge in [-0.3, -0.25) is 4.98 Å². The smallest absolute Gasteiger partial charge is 0.335 e. The van der Waals surface area contributed by atoms with Crippen LogP contribution >= 0.6 is 0 Å². The Morgan fingerprint density at radius 2 is 1.96 bits per heavy atom. The molecule has 0 unspecified atom stereocenters. The number of hydrogen-bond donors (Lipinski definition) is 3. The van der Waals surface area contributed by atoms with Crippen molar-refractivity contribution in [3.05, 3.63) is 54.2 Å². The van der Waals surface area contributed by atoms with Crippen molar-refractivity contribution in [2.24, 2.45) is 0 Å². The summed E-state index contributed by atoms with van der Waals surface area (Å²) in [6.45, 7) is 0.920. The van der Waals surface area contributed by atoms with Gasteiger partial charge in [-0.1, -0.05) is 0 Å². The number of nitrogens with one attached hydrogen (secondary N) is 1. The first kappa shape index (κ1) is 17.8. The second kappa shape index (κ2) is 7.21. The average Bonchev–Trinajstić information content (AvgIpc) is 3.02. The summed E-state index contributed by atoms with van der Waals surface area (Å²) in [6, 6.07) is 12.0. The summed E-state index contributed by atoms with van der Waals surface area (Å²) in [7, 11) is 1.61. The number of aromatic nitrogens is 2. The quantitative estimate of drug-likeness (QED) is 0.441. The molecule has 0 atom stereocenters. The van der Waals surface area contributed by atoms with E-state index in [0.29, 0.717) is 40.9 Å². The van der Waals surface area contributed by atoms with Gasteiger partial charge in [-0.25, -0.2) is 4.79 Å². The van der Waals surface area contributed by atoms with Gasteiger partial charge in [0.05, 0.1) is 23.3 Å². The third-order valence-corrected chi connectivity index (χ3v) is 4.57. The molecule has 3 N–H and O–H groups in total. The van der Waals surface area contributed by atoms with E-state index in [-0.39, 0.29) is 11.4 Å². The molecule has 0 fully saturated rings. The highest BCUT2D eigenvalue weighted by Crippen LogP contribution is 2.40. The highest BCUT2D eigenvalue weighted by molar-refractivity contribution is 6.08. The molecule has 0 aliphatic heterocycles. The Kier molecular flexibility index (Phi) is 4.58. The molecule has 4 rings (SSSR count). The summed E-state index contributed by atoms with van der Waals surface area (Å²) < 4.78 is 10.6. The van der Waals surface area contributed by atoms with Crippen LogP contribution in [0.5, 0.6) is 11.6 Å². The molecular weight excluding hydrogens is 360 g/mol. The number of aromatic hydroxyl groups is 1. The number of methoxy groups -OCH3 is 1. The van der Waals surface area contributed by atoms with Crippen molar-refractivity contribution < 1.29 is 24.5 Å². The lowest BCUT2D eigenvalue weighted by molar-refractivity contribution is 0.0697. The van der Waals surface area contributed by atoms with Gasteiger partial charge in [-0.05, 0) is 42.0 Å². The lowest BCUT2D eigenvalue weighted by Gasteiger charge is -2.09. The molecule has 4 aromatic rings. The number of aromatic carboxylic acids is 1. The fourth-order valence-electron chi connectivity index (χ4n) is 3.26. The number of carboxylic acids is 1. The van der Waals surface area contributed by atoms with Crippen LogP contribution in [0, 0.1) is 0 Å². The fourth-order valence-corrected chi connectivity index (χ4v) is 3.26. The Labute approximate surface area is 160 Å². The minimum Gasteiger partial charge on any atom is -0.494 e. The molecule has 0 radical (unpaired) electrons. The lowest BCUT2D eigenvalue weighted by atomic mass is 9.99. The number of pyridine rings is 1. The van der Waals surface area contributed by atoms with Crippen LogP contribution in [0.1, 0.15) is 10.4 Å². The summed E-state index contributed by atoms with van der Waals surface area (Å²) in [5.41, 5.74) is 2.80. The zero-order valence-corrected chi connectivity index (χ0v) is 15.1. The third kappa shape index (κ3) is 3.12. The summed E-state index contributed by atoms with van der Waals surface area (Å²) in [5, 5.41) is 21.3. The molecule has 0 amide bonds. The minimum absolute atomic E-state index is 0.0227. The number of rotatable bonds is 6. The van der Waals surface area contributed by atoms with Crippen molar-refractivity contribution in [1.29, 1.82) is 0 Å². The number of aromatic amines is 1. The van der Waals surface area contributed by atoms with Gasteiger partial charge in [0.15, 0.2) is 5.88 Å². The highest BCUT2D eigenvalue weighted by Gasteiger charge is 2.17. The van der Waals surface area contributed by atoms with Crippen molar-refractivity contribution in [1.82, 2.24) is 9.97 Å².